The molecule has 2 aliphatic heterocycles. The average Bonchev–Trinajstić information content (AvgIpc) is 1.90. The number of fused-ring (bicyclic) bond motifs is 3. The van der Waals surface area contributed by atoms with Gasteiger partial charge in [0.2, 0.25) is 0 Å². The van der Waals surface area contributed by atoms with Gasteiger partial charge in [-0.3, -0.25) is 0 Å². The van der Waals surface area contributed by atoms with E-state index in [-0.39, 0.29) is 5.54 Å². The van der Waals surface area contributed by atoms with Gasteiger partial charge in [-0.15, -0.1) is 0 Å². The van der Waals surface area contributed by atoms with Crippen molar-refractivity contribution >= 4 is 0 Å². The zero-order valence-corrected chi connectivity index (χ0v) is 5.60. The molecule has 0 aromatic heterocycles. The molecule has 0 amide bonds. The van der Waals surface area contributed by atoms with E-state index >= 15 is 0 Å². The molecule has 0 spiro atoms. The fraction of sp³-hybridized carbons (Fsp3) is 1.00. The largest absolute Gasteiger partial charge is 0.376 e. The molecule has 1 aliphatic carbocycles. The van der Waals surface area contributed by atoms with Crippen molar-refractivity contribution < 1.29 is 4.74 Å². The monoisotopic (exact) mass is 127 g/mol. The Balaban J connectivity index is 2.11. The van der Waals surface area contributed by atoms with Gasteiger partial charge in [-0.1, -0.05) is 0 Å². The first-order chi connectivity index (χ1) is 4.29. The second-order valence-electron chi connectivity index (χ2n) is 3.37. The summed E-state index contributed by atoms with van der Waals surface area (Å²) < 4.78 is 5.45. The van der Waals surface area contributed by atoms with E-state index in [9.17, 15) is 0 Å². The third-order valence-electron chi connectivity index (χ3n) is 2.53. The summed E-state index contributed by atoms with van der Waals surface area (Å²) in [6.07, 6.45) is 5.29. The molecule has 2 saturated heterocycles. The lowest BCUT2D eigenvalue weighted by Crippen LogP contribution is -2.54. The van der Waals surface area contributed by atoms with E-state index in [0.717, 1.165) is 6.61 Å². The van der Waals surface area contributed by atoms with Crippen LogP contribution in [0.4, 0.5) is 0 Å². The smallest absolute Gasteiger partial charge is 0.0649 e. The minimum atomic E-state index is 0.0642. The molecule has 1 saturated carbocycles. The molecule has 0 radical (unpaired) electrons. The zero-order chi connectivity index (χ0) is 6.32. The molecule has 52 valence electrons. The van der Waals surface area contributed by atoms with Gasteiger partial charge in [-0.05, 0) is 25.7 Å². The van der Waals surface area contributed by atoms with Crippen LogP contribution in [0.3, 0.4) is 0 Å². The number of hydrogen-bond donors (Lipinski definition) is 1. The van der Waals surface area contributed by atoms with Gasteiger partial charge in [0, 0.05) is 5.54 Å². The van der Waals surface area contributed by atoms with Crippen molar-refractivity contribution in [1.82, 2.24) is 0 Å². The van der Waals surface area contributed by atoms with E-state index in [4.69, 9.17) is 10.5 Å². The minimum absolute atomic E-state index is 0.0642. The van der Waals surface area contributed by atoms with Gasteiger partial charge in [0.1, 0.15) is 0 Å². The predicted octanol–water partition coefficient (Wildman–Crippen LogP) is 0.657. The highest BCUT2D eigenvalue weighted by Gasteiger charge is 2.37. The van der Waals surface area contributed by atoms with Crippen LogP contribution in [0.25, 0.3) is 0 Å². The molecule has 0 aromatic carbocycles. The lowest BCUT2D eigenvalue weighted by molar-refractivity contribution is -0.0746. The summed E-state index contributed by atoms with van der Waals surface area (Å²) in [6, 6.07) is 0. The second kappa shape index (κ2) is 1.70. The van der Waals surface area contributed by atoms with Gasteiger partial charge in [-0.2, -0.15) is 0 Å². The Labute approximate surface area is 55.4 Å². The lowest BCUT2D eigenvalue weighted by atomic mass is 9.79. The van der Waals surface area contributed by atoms with Gasteiger partial charge in [0.25, 0.3) is 0 Å². The Morgan fingerprint density at radius 1 is 1.33 bits per heavy atom. The van der Waals surface area contributed by atoms with E-state index < -0.39 is 0 Å². The molecule has 2 nitrogen and oxygen atoms in total. The molecule has 2 heteroatoms. The van der Waals surface area contributed by atoms with Gasteiger partial charge in [0.15, 0.2) is 0 Å². The maximum absolute atomic E-state index is 5.97. The Bertz CT molecular complexity index is 102. The highest BCUT2D eigenvalue weighted by Crippen LogP contribution is 2.33. The standard InChI is InChI=1S/C7H13NO/c8-7-3-1-6(2-4-7)9-5-7/h6H,1-5,8H2. The van der Waals surface area contributed by atoms with Crippen LogP contribution in [0.5, 0.6) is 0 Å². The van der Waals surface area contributed by atoms with Gasteiger partial charge in [-0.25, -0.2) is 0 Å². The van der Waals surface area contributed by atoms with Crippen molar-refractivity contribution in [2.45, 2.75) is 37.3 Å². The minimum Gasteiger partial charge on any atom is -0.376 e. The summed E-state index contributed by atoms with van der Waals surface area (Å²) in [4.78, 5) is 0. The Morgan fingerprint density at radius 2 is 2.00 bits per heavy atom. The van der Waals surface area contributed by atoms with Crippen molar-refractivity contribution in [3.63, 3.8) is 0 Å². The topological polar surface area (TPSA) is 35.2 Å². The molecule has 0 atom stereocenters. The lowest BCUT2D eigenvalue weighted by Gasteiger charge is -2.43. The van der Waals surface area contributed by atoms with Gasteiger partial charge >= 0.3 is 0 Å². The molecule has 9 heavy (non-hydrogen) atoms. The quantitative estimate of drug-likeness (QED) is 0.518. The second-order valence-corrected chi connectivity index (χ2v) is 3.37. The van der Waals surface area contributed by atoms with Crippen LogP contribution >= 0.6 is 0 Å². The van der Waals surface area contributed by atoms with E-state index in [0.29, 0.717) is 6.10 Å². The van der Waals surface area contributed by atoms with Crippen molar-refractivity contribution in [2.75, 3.05) is 6.61 Å². The SMILES string of the molecule is NC12CCC(CC1)OC2. The molecule has 0 unspecified atom stereocenters. The Hall–Kier alpha value is -0.0800. The highest BCUT2D eigenvalue weighted by molar-refractivity contribution is 4.94. The van der Waals surface area contributed by atoms with E-state index in [1.54, 1.807) is 0 Å². The Kier molecular flexibility index (Phi) is 1.08. The fourth-order valence-electron chi connectivity index (χ4n) is 1.76. The first-order valence-corrected chi connectivity index (χ1v) is 3.69. The molecule has 3 rings (SSSR count). The molecule has 2 N–H and O–H groups in total. The molecular formula is C7H13NO. The zero-order valence-electron chi connectivity index (χ0n) is 5.60. The first kappa shape index (κ1) is 5.69. The predicted molar refractivity (Wildman–Crippen MR) is 35.1 cm³/mol. The van der Waals surface area contributed by atoms with Crippen LogP contribution in [-0.2, 0) is 4.74 Å². The average molecular weight is 127 g/mol. The van der Waals surface area contributed by atoms with E-state index in [2.05, 4.69) is 0 Å². The fourth-order valence-corrected chi connectivity index (χ4v) is 1.76. The molecule has 2 bridgehead atoms. The van der Waals surface area contributed by atoms with Gasteiger partial charge in [0.05, 0.1) is 12.7 Å². The normalized spacial score (nSPS) is 49.7. The maximum Gasteiger partial charge on any atom is 0.0649 e. The van der Waals surface area contributed by atoms with Crippen LogP contribution in [-0.4, -0.2) is 18.2 Å². The molecule has 2 heterocycles. The highest BCUT2D eigenvalue weighted by atomic mass is 16.5. The summed E-state index contributed by atoms with van der Waals surface area (Å²) in [6.45, 7) is 0.803. The van der Waals surface area contributed by atoms with Crippen LogP contribution in [0.2, 0.25) is 0 Å². The van der Waals surface area contributed by atoms with Crippen LogP contribution in [0.1, 0.15) is 25.7 Å². The van der Waals surface area contributed by atoms with Crippen molar-refractivity contribution in [1.29, 1.82) is 0 Å². The van der Waals surface area contributed by atoms with Crippen molar-refractivity contribution in [2.24, 2.45) is 5.73 Å². The number of nitrogens with two attached hydrogens (primary N) is 1. The molecule has 3 aliphatic rings. The van der Waals surface area contributed by atoms with E-state index in [1.807, 2.05) is 0 Å². The number of hydrogen-bond acceptors (Lipinski definition) is 2. The third kappa shape index (κ3) is 0.864. The van der Waals surface area contributed by atoms with Crippen molar-refractivity contribution in [3.05, 3.63) is 0 Å². The van der Waals surface area contributed by atoms with Crippen LogP contribution in [0.15, 0.2) is 0 Å². The van der Waals surface area contributed by atoms with Crippen LogP contribution < -0.4 is 5.73 Å². The Morgan fingerprint density at radius 3 is 2.22 bits per heavy atom. The van der Waals surface area contributed by atoms with Crippen molar-refractivity contribution in [3.8, 4) is 0 Å². The van der Waals surface area contributed by atoms with E-state index in [1.165, 1.54) is 25.7 Å². The van der Waals surface area contributed by atoms with Gasteiger partial charge < -0.3 is 10.5 Å². The summed E-state index contributed by atoms with van der Waals surface area (Å²) in [5.74, 6) is 0. The first-order valence-electron chi connectivity index (χ1n) is 3.69. The van der Waals surface area contributed by atoms with Crippen LogP contribution in [0, 0.1) is 0 Å². The number of rotatable bonds is 0. The summed E-state index contributed by atoms with van der Waals surface area (Å²) in [7, 11) is 0. The summed E-state index contributed by atoms with van der Waals surface area (Å²) in [5.41, 5.74) is 6.04. The maximum atomic E-state index is 5.97. The summed E-state index contributed by atoms with van der Waals surface area (Å²) in [5, 5.41) is 0. The third-order valence-corrected chi connectivity index (χ3v) is 2.53. The summed E-state index contributed by atoms with van der Waals surface area (Å²) >= 11 is 0. The molecule has 0 aromatic rings. The number of ether oxygens (including phenoxy) is 1. The molecular weight excluding hydrogens is 114 g/mol. The molecule has 3 fully saturated rings.